The van der Waals surface area contributed by atoms with E-state index >= 15 is 0 Å². The molecule has 5 nitrogen and oxygen atoms in total. The Morgan fingerprint density at radius 3 is 2.40 bits per heavy atom. The van der Waals surface area contributed by atoms with Crippen molar-refractivity contribution in [3.63, 3.8) is 0 Å². The smallest absolute Gasteiger partial charge is 0.335 e. The van der Waals surface area contributed by atoms with E-state index < -0.39 is 16.0 Å². The summed E-state index contributed by atoms with van der Waals surface area (Å²) in [6.45, 7) is 0. The second-order valence-corrected chi connectivity index (χ2v) is 5.64. The molecule has 1 aromatic carbocycles. The Labute approximate surface area is 104 Å². The summed E-state index contributed by atoms with van der Waals surface area (Å²) in [6.07, 6.45) is 0. The molecule has 0 saturated carbocycles. The molecular formula is C7H5ClINO4S. The highest BCUT2D eigenvalue weighted by Crippen LogP contribution is 2.26. The molecule has 0 bridgehead atoms. The van der Waals surface area contributed by atoms with Gasteiger partial charge in [-0.3, -0.25) is 0 Å². The Kier molecular flexibility index (Phi) is 3.59. The van der Waals surface area contributed by atoms with Crippen LogP contribution in [0.2, 0.25) is 5.02 Å². The van der Waals surface area contributed by atoms with Crippen molar-refractivity contribution >= 4 is 50.2 Å². The lowest BCUT2D eigenvalue weighted by molar-refractivity contribution is 0.0696. The summed E-state index contributed by atoms with van der Waals surface area (Å²) in [4.78, 5) is 10.4. The molecule has 0 spiro atoms. The predicted molar refractivity (Wildman–Crippen MR) is 62.5 cm³/mol. The van der Waals surface area contributed by atoms with Crippen LogP contribution in [0, 0.1) is 3.57 Å². The van der Waals surface area contributed by atoms with Crippen LogP contribution >= 0.6 is 34.2 Å². The van der Waals surface area contributed by atoms with Gasteiger partial charge < -0.3 is 5.11 Å². The number of carboxylic acids is 1. The first-order valence-electron chi connectivity index (χ1n) is 3.48. The Balaban J connectivity index is 3.59. The molecule has 0 atom stereocenters. The zero-order valence-corrected chi connectivity index (χ0v) is 10.8. The standard InChI is InChI=1S/C7H5ClINO4S/c8-4-1-3(7(11)12)2-5(6(4)9)15(10,13)14/h1-2H,(H,11,12)(H2,10,13,14). The van der Waals surface area contributed by atoms with E-state index in [2.05, 4.69) is 0 Å². The molecule has 82 valence electrons. The van der Waals surface area contributed by atoms with Crippen molar-refractivity contribution in [2.24, 2.45) is 5.14 Å². The highest BCUT2D eigenvalue weighted by atomic mass is 127. The highest BCUT2D eigenvalue weighted by molar-refractivity contribution is 14.1. The maximum Gasteiger partial charge on any atom is 0.335 e. The van der Waals surface area contributed by atoms with Crippen LogP contribution in [0.25, 0.3) is 0 Å². The summed E-state index contributed by atoms with van der Waals surface area (Å²) in [6, 6.07) is 2.14. The summed E-state index contributed by atoms with van der Waals surface area (Å²) < 4.78 is 22.4. The minimum atomic E-state index is -3.97. The third-order valence-electron chi connectivity index (χ3n) is 1.55. The van der Waals surface area contributed by atoms with Gasteiger partial charge in [0.25, 0.3) is 0 Å². The summed E-state index contributed by atoms with van der Waals surface area (Å²) in [5, 5.41) is 13.6. The van der Waals surface area contributed by atoms with Crippen LogP contribution in [-0.4, -0.2) is 19.5 Å². The number of aromatic carboxylic acids is 1. The molecule has 0 aliphatic carbocycles. The first-order valence-corrected chi connectivity index (χ1v) is 6.49. The average molecular weight is 362 g/mol. The summed E-state index contributed by atoms with van der Waals surface area (Å²) in [7, 11) is -3.97. The molecule has 0 saturated heterocycles. The van der Waals surface area contributed by atoms with Gasteiger partial charge in [0.05, 0.1) is 19.1 Å². The number of carbonyl (C=O) groups is 1. The number of sulfonamides is 1. The molecule has 8 heteroatoms. The van der Waals surface area contributed by atoms with Gasteiger partial charge in [-0.15, -0.1) is 0 Å². The molecule has 0 radical (unpaired) electrons. The van der Waals surface area contributed by atoms with Gasteiger partial charge in [-0.25, -0.2) is 18.4 Å². The van der Waals surface area contributed by atoms with E-state index in [0.717, 1.165) is 6.07 Å². The number of rotatable bonds is 2. The topological polar surface area (TPSA) is 97.5 Å². The molecule has 0 amide bonds. The Morgan fingerprint density at radius 1 is 1.47 bits per heavy atom. The van der Waals surface area contributed by atoms with Gasteiger partial charge in [0.1, 0.15) is 0 Å². The van der Waals surface area contributed by atoms with Crippen LogP contribution < -0.4 is 5.14 Å². The summed E-state index contributed by atoms with van der Waals surface area (Å²) >= 11 is 7.36. The maximum absolute atomic E-state index is 11.1. The lowest BCUT2D eigenvalue weighted by Crippen LogP contribution is -2.15. The SMILES string of the molecule is NS(=O)(=O)c1cc(C(=O)O)cc(Cl)c1I. The second-order valence-electron chi connectivity index (χ2n) is 2.62. The van der Waals surface area contributed by atoms with E-state index in [0.29, 0.717) is 0 Å². The maximum atomic E-state index is 11.1. The van der Waals surface area contributed by atoms with Crippen molar-refractivity contribution in [1.29, 1.82) is 0 Å². The number of primary sulfonamides is 1. The summed E-state index contributed by atoms with van der Waals surface area (Å²) in [5.74, 6) is -1.27. The molecule has 3 N–H and O–H groups in total. The largest absolute Gasteiger partial charge is 0.478 e. The van der Waals surface area contributed by atoms with E-state index in [4.69, 9.17) is 21.8 Å². The van der Waals surface area contributed by atoms with E-state index in [1.54, 1.807) is 22.6 Å². The van der Waals surface area contributed by atoms with Crippen molar-refractivity contribution in [2.45, 2.75) is 4.90 Å². The molecule has 0 heterocycles. The van der Waals surface area contributed by atoms with E-state index in [1.807, 2.05) is 0 Å². The lowest BCUT2D eigenvalue weighted by Gasteiger charge is -2.05. The Hall–Kier alpha value is -0.380. The first kappa shape index (κ1) is 12.7. The molecule has 0 aliphatic rings. The fourth-order valence-electron chi connectivity index (χ4n) is 0.894. The number of hydrogen-bond acceptors (Lipinski definition) is 3. The first-order chi connectivity index (χ1) is 6.73. The Bertz CT molecular complexity index is 528. The van der Waals surface area contributed by atoms with E-state index in [-0.39, 0.29) is 19.1 Å². The number of halogens is 2. The molecule has 0 unspecified atom stereocenters. The van der Waals surface area contributed by atoms with Gasteiger partial charge in [-0.1, -0.05) is 11.6 Å². The van der Waals surface area contributed by atoms with Gasteiger partial charge >= 0.3 is 5.97 Å². The number of benzene rings is 1. The van der Waals surface area contributed by atoms with E-state index in [9.17, 15) is 13.2 Å². The number of nitrogens with two attached hydrogens (primary N) is 1. The minimum Gasteiger partial charge on any atom is -0.478 e. The monoisotopic (exact) mass is 361 g/mol. The lowest BCUT2D eigenvalue weighted by atomic mass is 10.2. The molecular weight excluding hydrogens is 357 g/mol. The summed E-state index contributed by atoms with van der Waals surface area (Å²) in [5.41, 5.74) is -0.218. The zero-order valence-electron chi connectivity index (χ0n) is 7.07. The third-order valence-corrected chi connectivity index (χ3v) is 4.63. The van der Waals surface area contributed by atoms with Gasteiger partial charge in [-0.05, 0) is 34.7 Å². The molecule has 0 aromatic heterocycles. The fraction of sp³-hybridized carbons (Fsp3) is 0. The zero-order chi connectivity index (χ0) is 11.8. The highest BCUT2D eigenvalue weighted by Gasteiger charge is 2.18. The van der Waals surface area contributed by atoms with Crippen LogP contribution in [0.3, 0.4) is 0 Å². The molecule has 1 aromatic rings. The Morgan fingerprint density at radius 2 is 2.00 bits per heavy atom. The molecule has 0 fully saturated rings. The van der Waals surface area contributed by atoms with Crippen LogP contribution in [0.15, 0.2) is 17.0 Å². The van der Waals surface area contributed by atoms with Crippen LogP contribution in [0.1, 0.15) is 10.4 Å². The van der Waals surface area contributed by atoms with Crippen molar-refractivity contribution < 1.29 is 18.3 Å². The van der Waals surface area contributed by atoms with Crippen LogP contribution in [-0.2, 0) is 10.0 Å². The second kappa shape index (κ2) is 4.24. The molecule has 15 heavy (non-hydrogen) atoms. The van der Waals surface area contributed by atoms with Crippen molar-refractivity contribution in [2.75, 3.05) is 0 Å². The quantitative estimate of drug-likeness (QED) is 0.776. The minimum absolute atomic E-state index is 0.0412. The van der Waals surface area contributed by atoms with Gasteiger partial charge in [0, 0.05) is 0 Å². The van der Waals surface area contributed by atoms with Crippen LogP contribution in [0.4, 0.5) is 0 Å². The van der Waals surface area contributed by atoms with E-state index in [1.165, 1.54) is 6.07 Å². The predicted octanol–water partition coefficient (Wildman–Crippen LogP) is 1.29. The van der Waals surface area contributed by atoms with Gasteiger partial charge in [0.15, 0.2) is 0 Å². The van der Waals surface area contributed by atoms with Crippen molar-refractivity contribution in [3.8, 4) is 0 Å². The van der Waals surface area contributed by atoms with Crippen molar-refractivity contribution in [1.82, 2.24) is 0 Å². The fourth-order valence-corrected chi connectivity index (χ4v) is 3.05. The normalized spacial score (nSPS) is 11.4. The molecule has 1 rings (SSSR count). The van der Waals surface area contributed by atoms with Crippen molar-refractivity contribution in [3.05, 3.63) is 26.3 Å². The van der Waals surface area contributed by atoms with Gasteiger partial charge in [-0.2, -0.15) is 0 Å². The van der Waals surface area contributed by atoms with Gasteiger partial charge in [0.2, 0.25) is 10.0 Å². The third kappa shape index (κ3) is 2.80. The number of carboxylic acid groups (broad SMARTS) is 1. The average Bonchev–Trinajstić information content (AvgIpc) is 2.06. The van der Waals surface area contributed by atoms with Crippen LogP contribution in [0.5, 0.6) is 0 Å². The molecule has 0 aliphatic heterocycles. The number of hydrogen-bond donors (Lipinski definition) is 2.